The first-order valence-corrected chi connectivity index (χ1v) is 11.8. The summed E-state index contributed by atoms with van der Waals surface area (Å²) >= 11 is 5.94. The van der Waals surface area contributed by atoms with Crippen molar-refractivity contribution >= 4 is 27.5 Å². The number of nitrogens with one attached hydrogen (secondary N) is 3. The first-order valence-electron chi connectivity index (χ1n) is 9.75. The lowest BCUT2D eigenvalue weighted by Gasteiger charge is -2.29. The summed E-state index contributed by atoms with van der Waals surface area (Å²) in [7, 11) is -2.01. The lowest BCUT2D eigenvalue weighted by Crippen LogP contribution is -2.48. The molecule has 2 aliphatic heterocycles. The molecule has 8 nitrogen and oxygen atoms in total. The van der Waals surface area contributed by atoms with Gasteiger partial charge in [0, 0.05) is 30.9 Å². The third-order valence-corrected chi connectivity index (χ3v) is 7.31. The summed E-state index contributed by atoms with van der Waals surface area (Å²) in [6.45, 7) is 0. The summed E-state index contributed by atoms with van der Waals surface area (Å²) in [6, 6.07) is 3.32. The molecule has 3 N–H and O–H groups in total. The molecule has 3 unspecified atom stereocenters. The zero-order valence-electron chi connectivity index (χ0n) is 16.4. The number of fused-ring (bicyclic) bond motifs is 2. The van der Waals surface area contributed by atoms with Gasteiger partial charge in [0.1, 0.15) is 0 Å². The van der Waals surface area contributed by atoms with E-state index in [0.29, 0.717) is 17.3 Å². The Kier molecular flexibility index (Phi) is 5.84. The molecule has 30 heavy (non-hydrogen) atoms. The molecule has 2 aromatic rings. The Bertz CT molecular complexity index is 1070. The molecule has 3 heterocycles. The molecule has 1 aromatic heterocycles. The third kappa shape index (κ3) is 4.51. The Morgan fingerprint density at radius 3 is 2.83 bits per heavy atom. The van der Waals surface area contributed by atoms with Gasteiger partial charge in [-0.3, -0.25) is 10.2 Å². The van der Waals surface area contributed by atoms with Crippen molar-refractivity contribution in [2.24, 2.45) is 13.0 Å². The Morgan fingerprint density at radius 2 is 2.10 bits per heavy atom. The number of hydrogen-bond donors (Lipinski definition) is 3. The first kappa shape index (κ1) is 21.2. The molecule has 4 rings (SSSR count). The lowest BCUT2D eigenvalue weighted by molar-refractivity contribution is 0.0941. The van der Waals surface area contributed by atoms with E-state index < -0.39 is 21.7 Å². The van der Waals surface area contributed by atoms with Gasteiger partial charge >= 0.3 is 0 Å². The number of nitrogens with zero attached hydrogens (tertiary/aromatic N) is 2. The molecule has 0 aliphatic carbocycles. The van der Waals surface area contributed by atoms with Gasteiger partial charge in [-0.1, -0.05) is 11.6 Å². The highest BCUT2D eigenvalue weighted by Crippen LogP contribution is 2.32. The maximum absolute atomic E-state index is 14.4. The summed E-state index contributed by atoms with van der Waals surface area (Å²) in [5.41, 5.74) is 2.68. The molecular weight excluding hydrogens is 433 g/mol. The van der Waals surface area contributed by atoms with Gasteiger partial charge in [-0.2, -0.15) is 0 Å². The Balaban J connectivity index is 1.45. The van der Waals surface area contributed by atoms with Crippen molar-refractivity contribution in [2.75, 3.05) is 5.75 Å². The predicted molar refractivity (Wildman–Crippen MR) is 111 cm³/mol. The Labute approximate surface area is 179 Å². The first-order chi connectivity index (χ1) is 14.2. The average molecular weight is 456 g/mol. The van der Waals surface area contributed by atoms with Crippen molar-refractivity contribution in [3.63, 3.8) is 0 Å². The number of carbonyl (C=O) groups excluding carboxylic acids is 1. The number of sulfonamides is 1. The number of rotatable bonds is 6. The molecule has 1 aromatic carbocycles. The van der Waals surface area contributed by atoms with Crippen LogP contribution in [0.2, 0.25) is 5.02 Å². The number of carbonyl (C=O) groups is 1. The van der Waals surface area contributed by atoms with Crippen LogP contribution in [-0.4, -0.2) is 41.7 Å². The lowest BCUT2D eigenvalue weighted by atomic mass is 9.94. The molecular formula is C19H23ClFN5O3S. The van der Waals surface area contributed by atoms with E-state index in [2.05, 4.69) is 20.6 Å². The minimum Gasteiger partial charge on any atom is -0.340 e. The van der Waals surface area contributed by atoms with Crippen molar-refractivity contribution in [3.8, 4) is 11.3 Å². The van der Waals surface area contributed by atoms with Crippen LogP contribution in [0.1, 0.15) is 36.0 Å². The number of piperidine rings is 1. The van der Waals surface area contributed by atoms with E-state index in [-0.39, 0.29) is 28.3 Å². The van der Waals surface area contributed by atoms with Gasteiger partial charge in [-0.25, -0.2) is 17.8 Å². The van der Waals surface area contributed by atoms with Gasteiger partial charge in [0.25, 0.3) is 5.91 Å². The van der Waals surface area contributed by atoms with Crippen LogP contribution in [0.5, 0.6) is 0 Å². The number of aryl methyl sites for hydroxylation is 1. The highest BCUT2D eigenvalue weighted by Gasteiger charge is 2.37. The number of amides is 1. The van der Waals surface area contributed by atoms with Crippen molar-refractivity contribution in [1.82, 2.24) is 25.1 Å². The fourth-order valence-electron chi connectivity index (χ4n) is 4.24. The van der Waals surface area contributed by atoms with E-state index in [0.717, 1.165) is 25.7 Å². The van der Waals surface area contributed by atoms with Crippen molar-refractivity contribution < 1.29 is 17.6 Å². The standard InChI is InChI=1S/C19H23ClFN5O3S/c1-26-8-17(22-10-26)12-6-14(18(21)15(20)7-12)19(27)24-25-30(28,29)9-11-2-3-13-4-5-16(11)23-13/h6-8,10-11,13,16,23,25H,2-5,9H2,1H3,(H,24,27). The second-order valence-electron chi connectivity index (χ2n) is 7.97. The molecule has 11 heteroatoms. The van der Waals surface area contributed by atoms with Crippen molar-refractivity contribution in [2.45, 2.75) is 37.8 Å². The van der Waals surface area contributed by atoms with Crippen LogP contribution >= 0.6 is 11.6 Å². The topological polar surface area (TPSA) is 105 Å². The molecule has 1 amide bonds. The number of imidazole rings is 1. The normalized spacial score (nSPS) is 23.5. The third-order valence-electron chi connectivity index (χ3n) is 5.76. The second kappa shape index (κ2) is 8.26. The zero-order valence-corrected chi connectivity index (χ0v) is 17.9. The van der Waals surface area contributed by atoms with Crippen molar-refractivity contribution in [1.29, 1.82) is 0 Å². The van der Waals surface area contributed by atoms with Crippen LogP contribution in [0.25, 0.3) is 11.3 Å². The van der Waals surface area contributed by atoms with Crippen LogP contribution in [0.15, 0.2) is 24.7 Å². The van der Waals surface area contributed by atoms with Gasteiger partial charge in [-0.15, -0.1) is 4.83 Å². The molecule has 2 aliphatic rings. The minimum absolute atomic E-state index is 0.0168. The molecule has 162 valence electrons. The molecule has 2 fully saturated rings. The van der Waals surface area contributed by atoms with Crippen LogP contribution in [-0.2, 0) is 17.1 Å². The molecule has 0 saturated carbocycles. The SMILES string of the molecule is Cn1cnc(-c2cc(Cl)c(F)c(C(=O)NNS(=O)(=O)CC3CCC4CCC3N4)c2)c1. The minimum atomic E-state index is -3.78. The number of benzene rings is 1. The zero-order chi connectivity index (χ0) is 21.5. The van der Waals surface area contributed by atoms with Crippen LogP contribution in [0.3, 0.4) is 0 Å². The summed E-state index contributed by atoms with van der Waals surface area (Å²) in [5.74, 6) is -1.98. The molecule has 2 saturated heterocycles. The maximum atomic E-state index is 14.4. The summed E-state index contributed by atoms with van der Waals surface area (Å²) in [4.78, 5) is 18.7. The second-order valence-corrected chi connectivity index (χ2v) is 10.1. The number of hydrazine groups is 1. The monoisotopic (exact) mass is 455 g/mol. The van der Waals surface area contributed by atoms with Gasteiger partial charge in [0.2, 0.25) is 10.0 Å². The molecule has 0 spiro atoms. The highest BCUT2D eigenvalue weighted by molar-refractivity contribution is 7.89. The Hall–Kier alpha value is -2.01. The van der Waals surface area contributed by atoms with E-state index in [1.165, 1.54) is 12.1 Å². The Morgan fingerprint density at radius 1 is 1.33 bits per heavy atom. The van der Waals surface area contributed by atoms with Crippen LogP contribution < -0.4 is 15.6 Å². The number of aromatic nitrogens is 2. The van der Waals surface area contributed by atoms with E-state index in [9.17, 15) is 17.6 Å². The smallest absolute Gasteiger partial charge is 0.269 e. The van der Waals surface area contributed by atoms with Gasteiger partial charge in [0.05, 0.1) is 28.4 Å². The highest BCUT2D eigenvalue weighted by atomic mass is 35.5. The van der Waals surface area contributed by atoms with E-state index >= 15 is 0 Å². The number of hydrogen-bond acceptors (Lipinski definition) is 5. The quantitative estimate of drug-likeness (QED) is 0.577. The molecule has 2 bridgehead atoms. The van der Waals surface area contributed by atoms with Gasteiger partial charge in [0.15, 0.2) is 5.82 Å². The average Bonchev–Trinajstić information content (AvgIpc) is 3.31. The van der Waals surface area contributed by atoms with Crippen molar-refractivity contribution in [3.05, 3.63) is 41.1 Å². The summed E-state index contributed by atoms with van der Waals surface area (Å²) < 4.78 is 41.1. The molecule has 0 radical (unpaired) electrons. The summed E-state index contributed by atoms with van der Waals surface area (Å²) in [5, 5.41) is 3.19. The predicted octanol–water partition coefficient (Wildman–Crippen LogP) is 1.97. The van der Waals surface area contributed by atoms with Crippen LogP contribution in [0, 0.1) is 11.7 Å². The van der Waals surface area contributed by atoms with Gasteiger partial charge in [-0.05, 0) is 43.7 Å². The number of halogens is 2. The van der Waals surface area contributed by atoms with E-state index in [1.807, 2.05) is 0 Å². The summed E-state index contributed by atoms with van der Waals surface area (Å²) in [6.07, 6.45) is 7.06. The van der Waals surface area contributed by atoms with Gasteiger partial charge < -0.3 is 9.88 Å². The van der Waals surface area contributed by atoms with E-state index in [4.69, 9.17) is 11.6 Å². The molecule has 3 atom stereocenters. The fourth-order valence-corrected chi connectivity index (χ4v) is 5.76. The fraction of sp³-hybridized carbons (Fsp3) is 0.474. The largest absolute Gasteiger partial charge is 0.340 e. The van der Waals surface area contributed by atoms with E-state index in [1.54, 1.807) is 24.1 Å². The van der Waals surface area contributed by atoms with Crippen LogP contribution in [0.4, 0.5) is 4.39 Å². The maximum Gasteiger partial charge on any atom is 0.269 e.